The fourth-order valence-corrected chi connectivity index (χ4v) is 2.39. The van der Waals surface area contributed by atoms with Gasteiger partial charge in [-0.1, -0.05) is 0 Å². The molecule has 0 unspecified atom stereocenters. The van der Waals surface area contributed by atoms with Gasteiger partial charge < -0.3 is 10.6 Å². The lowest BCUT2D eigenvalue weighted by atomic mass is 10.1. The molecule has 0 radical (unpaired) electrons. The minimum atomic E-state index is -4.57. The van der Waals surface area contributed by atoms with Crippen molar-refractivity contribution in [3.8, 4) is 11.1 Å². The Kier molecular flexibility index (Phi) is 5.02. The number of aromatic nitrogens is 3. The van der Waals surface area contributed by atoms with Crippen molar-refractivity contribution in [3.05, 3.63) is 60.7 Å². The number of amides is 1. The normalized spacial score (nSPS) is 11.1. The van der Waals surface area contributed by atoms with E-state index in [-0.39, 0.29) is 11.9 Å². The molecule has 1 amide bonds. The molecular weight excluding hydrogens is 359 g/mol. The van der Waals surface area contributed by atoms with E-state index in [9.17, 15) is 18.0 Å². The number of rotatable bonds is 4. The van der Waals surface area contributed by atoms with E-state index >= 15 is 0 Å². The van der Waals surface area contributed by atoms with Crippen LogP contribution in [0.1, 0.15) is 12.6 Å². The average molecular weight is 373 g/mol. The number of hydrogen-bond acceptors (Lipinski definition) is 5. The van der Waals surface area contributed by atoms with E-state index in [4.69, 9.17) is 0 Å². The van der Waals surface area contributed by atoms with Gasteiger partial charge in [0.25, 0.3) is 0 Å². The lowest BCUT2D eigenvalue weighted by molar-refractivity contribution is -0.141. The molecule has 0 spiro atoms. The molecule has 0 aliphatic heterocycles. The van der Waals surface area contributed by atoms with Gasteiger partial charge in [-0.3, -0.25) is 9.78 Å². The monoisotopic (exact) mass is 373 g/mol. The van der Waals surface area contributed by atoms with Crippen molar-refractivity contribution in [2.75, 3.05) is 10.6 Å². The van der Waals surface area contributed by atoms with E-state index in [0.29, 0.717) is 11.4 Å². The van der Waals surface area contributed by atoms with E-state index in [1.807, 2.05) is 0 Å². The summed E-state index contributed by atoms with van der Waals surface area (Å²) in [5.74, 6) is -0.478. The van der Waals surface area contributed by atoms with Crippen LogP contribution in [0.4, 0.5) is 30.5 Å². The summed E-state index contributed by atoms with van der Waals surface area (Å²) in [5, 5.41) is 5.41. The van der Waals surface area contributed by atoms with Gasteiger partial charge in [0.05, 0.1) is 0 Å². The Bertz CT molecular complexity index is 961. The number of nitrogens with zero attached hydrogens (tertiary/aromatic N) is 3. The number of carbonyl (C=O) groups excluding carboxylic acids is 1. The second-order valence-electron chi connectivity index (χ2n) is 5.60. The van der Waals surface area contributed by atoms with Crippen LogP contribution in [0.3, 0.4) is 0 Å². The Balaban J connectivity index is 1.98. The van der Waals surface area contributed by atoms with Crippen LogP contribution in [0, 0.1) is 0 Å². The minimum Gasteiger partial charge on any atom is -0.326 e. The second kappa shape index (κ2) is 7.40. The second-order valence-corrected chi connectivity index (χ2v) is 5.60. The third kappa shape index (κ3) is 4.78. The minimum absolute atomic E-state index is 0.203. The van der Waals surface area contributed by atoms with Crippen molar-refractivity contribution < 1.29 is 18.0 Å². The van der Waals surface area contributed by atoms with E-state index < -0.39 is 11.9 Å². The molecule has 9 heteroatoms. The number of anilines is 3. The third-order valence-corrected chi connectivity index (χ3v) is 3.47. The maximum atomic E-state index is 12.8. The summed E-state index contributed by atoms with van der Waals surface area (Å²) in [6, 6.07) is 9.38. The molecule has 0 saturated heterocycles. The fraction of sp³-hybridized carbons (Fsp3) is 0.111. The van der Waals surface area contributed by atoms with Crippen LogP contribution in [-0.2, 0) is 11.0 Å². The van der Waals surface area contributed by atoms with Gasteiger partial charge in [-0.2, -0.15) is 13.2 Å². The number of hydrogen-bond donors (Lipinski definition) is 2. The summed E-state index contributed by atoms with van der Waals surface area (Å²) < 4.78 is 38.5. The summed E-state index contributed by atoms with van der Waals surface area (Å²) in [5.41, 5.74) is 1.41. The zero-order valence-electron chi connectivity index (χ0n) is 14.1. The van der Waals surface area contributed by atoms with E-state index in [1.165, 1.54) is 6.92 Å². The standard InChI is InChI=1S/C18H14F3N5O/c1-11(27)24-14-8-13(12-2-5-22-6-3-12)9-15(10-14)25-17-23-7-4-16(26-17)18(19,20)21/h2-10H,1H3,(H,24,27)(H,23,25,26). The van der Waals surface area contributed by atoms with Crippen LogP contribution < -0.4 is 10.6 Å². The molecule has 0 bridgehead atoms. The van der Waals surface area contributed by atoms with Gasteiger partial charge in [-0.15, -0.1) is 0 Å². The summed E-state index contributed by atoms with van der Waals surface area (Å²) in [6.07, 6.45) is -0.313. The van der Waals surface area contributed by atoms with Crippen LogP contribution in [0.5, 0.6) is 0 Å². The Morgan fingerprint density at radius 2 is 1.67 bits per heavy atom. The van der Waals surface area contributed by atoms with Crippen molar-refractivity contribution in [3.63, 3.8) is 0 Å². The van der Waals surface area contributed by atoms with Crippen molar-refractivity contribution in [1.82, 2.24) is 15.0 Å². The van der Waals surface area contributed by atoms with Crippen LogP contribution in [-0.4, -0.2) is 20.9 Å². The molecule has 2 heterocycles. The first-order chi connectivity index (χ1) is 12.8. The van der Waals surface area contributed by atoms with E-state index in [0.717, 1.165) is 23.4 Å². The summed E-state index contributed by atoms with van der Waals surface area (Å²) in [6.45, 7) is 1.36. The van der Waals surface area contributed by atoms with Gasteiger partial charge in [0.2, 0.25) is 11.9 Å². The lowest BCUT2D eigenvalue weighted by Crippen LogP contribution is -2.10. The number of benzene rings is 1. The summed E-state index contributed by atoms with van der Waals surface area (Å²) >= 11 is 0. The highest BCUT2D eigenvalue weighted by atomic mass is 19.4. The Hall–Kier alpha value is -3.49. The zero-order chi connectivity index (χ0) is 19.4. The summed E-state index contributed by atoms with van der Waals surface area (Å²) in [4.78, 5) is 22.7. The highest BCUT2D eigenvalue weighted by Gasteiger charge is 2.32. The third-order valence-electron chi connectivity index (χ3n) is 3.47. The molecule has 0 aliphatic carbocycles. The maximum absolute atomic E-state index is 12.8. The van der Waals surface area contributed by atoms with Gasteiger partial charge in [-0.25, -0.2) is 9.97 Å². The molecule has 6 nitrogen and oxygen atoms in total. The Morgan fingerprint density at radius 1 is 0.963 bits per heavy atom. The molecule has 0 fully saturated rings. The number of nitrogens with one attached hydrogen (secondary N) is 2. The lowest BCUT2D eigenvalue weighted by Gasteiger charge is -2.12. The Labute approximate surface area is 152 Å². The topological polar surface area (TPSA) is 79.8 Å². The predicted molar refractivity (Wildman–Crippen MR) is 94.3 cm³/mol. The van der Waals surface area contributed by atoms with Gasteiger partial charge in [0, 0.05) is 36.9 Å². The van der Waals surface area contributed by atoms with Crippen LogP contribution in [0.25, 0.3) is 11.1 Å². The zero-order valence-corrected chi connectivity index (χ0v) is 14.1. The van der Waals surface area contributed by atoms with Crippen molar-refractivity contribution in [2.24, 2.45) is 0 Å². The van der Waals surface area contributed by atoms with E-state index in [1.54, 1.807) is 42.7 Å². The average Bonchev–Trinajstić information content (AvgIpc) is 2.61. The quantitative estimate of drug-likeness (QED) is 0.714. The van der Waals surface area contributed by atoms with Gasteiger partial charge in [0.15, 0.2) is 0 Å². The smallest absolute Gasteiger partial charge is 0.326 e. The van der Waals surface area contributed by atoms with Gasteiger partial charge >= 0.3 is 6.18 Å². The van der Waals surface area contributed by atoms with Crippen LogP contribution in [0.2, 0.25) is 0 Å². The number of alkyl halides is 3. The van der Waals surface area contributed by atoms with Crippen molar-refractivity contribution in [2.45, 2.75) is 13.1 Å². The molecule has 0 saturated carbocycles. The summed E-state index contributed by atoms with van der Waals surface area (Å²) in [7, 11) is 0. The molecular formula is C18H14F3N5O. The van der Waals surface area contributed by atoms with Gasteiger partial charge in [-0.05, 0) is 47.5 Å². The highest BCUT2D eigenvalue weighted by Crippen LogP contribution is 2.30. The van der Waals surface area contributed by atoms with Crippen molar-refractivity contribution >= 4 is 23.2 Å². The largest absolute Gasteiger partial charge is 0.433 e. The van der Waals surface area contributed by atoms with Crippen LogP contribution in [0.15, 0.2) is 55.0 Å². The van der Waals surface area contributed by atoms with Gasteiger partial charge in [0.1, 0.15) is 5.69 Å². The van der Waals surface area contributed by atoms with Crippen LogP contribution >= 0.6 is 0 Å². The predicted octanol–water partition coefficient (Wildman–Crippen LogP) is 4.26. The Morgan fingerprint density at radius 3 is 2.33 bits per heavy atom. The molecule has 3 rings (SSSR count). The maximum Gasteiger partial charge on any atom is 0.433 e. The number of carbonyl (C=O) groups is 1. The molecule has 3 aromatic rings. The number of pyridine rings is 1. The first kappa shape index (κ1) is 18.3. The van der Waals surface area contributed by atoms with Crippen molar-refractivity contribution in [1.29, 1.82) is 0 Å². The fourth-order valence-electron chi connectivity index (χ4n) is 2.39. The molecule has 2 aromatic heterocycles. The molecule has 0 atom stereocenters. The first-order valence-electron chi connectivity index (χ1n) is 7.81. The molecule has 2 N–H and O–H groups in total. The molecule has 138 valence electrons. The molecule has 27 heavy (non-hydrogen) atoms. The molecule has 1 aromatic carbocycles. The number of halogens is 3. The molecule has 0 aliphatic rings. The van der Waals surface area contributed by atoms with E-state index in [2.05, 4.69) is 25.6 Å². The highest BCUT2D eigenvalue weighted by molar-refractivity contribution is 5.90. The first-order valence-corrected chi connectivity index (χ1v) is 7.81. The SMILES string of the molecule is CC(=O)Nc1cc(Nc2nccc(C(F)(F)F)n2)cc(-c2ccncc2)c1.